The molecule has 4 rings (SSSR count). The van der Waals surface area contributed by atoms with Crippen LogP contribution in [0, 0.1) is 6.92 Å². The number of thioether (sulfide) groups is 1. The molecule has 2 heterocycles. The first-order valence-electron chi connectivity index (χ1n) is 9.99. The summed E-state index contributed by atoms with van der Waals surface area (Å²) in [5, 5.41) is 8.09. The summed E-state index contributed by atoms with van der Waals surface area (Å²) in [7, 11) is 0. The average Bonchev–Trinajstić information content (AvgIpc) is 3.19. The van der Waals surface area contributed by atoms with E-state index >= 15 is 0 Å². The van der Waals surface area contributed by atoms with Gasteiger partial charge in [-0.25, -0.2) is 9.67 Å². The average molecular weight is 434 g/mol. The monoisotopic (exact) mass is 433 g/mol. The van der Waals surface area contributed by atoms with Crippen molar-refractivity contribution in [2.75, 3.05) is 11.1 Å². The number of rotatable bonds is 6. The lowest BCUT2D eigenvalue weighted by atomic mass is 9.98. The number of hydrogen-bond acceptors (Lipinski definition) is 5. The van der Waals surface area contributed by atoms with E-state index in [4.69, 9.17) is 0 Å². The Hall–Kier alpha value is -3.39. The van der Waals surface area contributed by atoms with Crippen molar-refractivity contribution < 1.29 is 4.79 Å². The highest BCUT2D eigenvalue weighted by Gasteiger charge is 2.15. The van der Waals surface area contributed by atoms with Crippen LogP contribution in [0.4, 0.5) is 5.69 Å². The van der Waals surface area contributed by atoms with E-state index < -0.39 is 0 Å². The number of carbonyl (C=O) groups excluding carboxylic acids is 1. The second-order valence-electron chi connectivity index (χ2n) is 7.53. The Morgan fingerprint density at radius 3 is 2.68 bits per heavy atom. The molecule has 0 unspecified atom stereocenters. The van der Waals surface area contributed by atoms with Crippen LogP contribution in [-0.2, 0) is 4.79 Å². The molecule has 0 atom stereocenters. The van der Waals surface area contributed by atoms with Crippen LogP contribution in [0.15, 0.2) is 64.7 Å². The van der Waals surface area contributed by atoms with E-state index in [9.17, 15) is 9.59 Å². The van der Waals surface area contributed by atoms with Crippen molar-refractivity contribution in [2.45, 2.75) is 31.8 Å². The van der Waals surface area contributed by atoms with E-state index in [-0.39, 0.29) is 17.2 Å². The first-order valence-corrected chi connectivity index (χ1v) is 11.0. The van der Waals surface area contributed by atoms with Gasteiger partial charge in [-0.05, 0) is 36.1 Å². The maximum Gasteiger partial charge on any atom is 0.262 e. The molecule has 1 amide bonds. The number of para-hydroxylation sites is 2. The summed E-state index contributed by atoms with van der Waals surface area (Å²) >= 11 is 1.18. The van der Waals surface area contributed by atoms with Crippen molar-refractivity contribution in [3.05, 3.63) is 76.2 Å². The highest BCUT2D eigenvalue weighted by Crippen LogP contribution is 2.27. The van der Waals surface area contributed by atoms with E-state index in [1.165, 1.54) is 18.0 Å². The van der Waals surface area contributed by atoms with E-state index in [2.05, 4.69) is 34.2 Å². The molecular weight excluding hydrogens is 410 g/mol. The fraction of sp³-hybridized carbons (Fsp3) is 0.217. The molecule has 7 nitrogen and oxygen atoms in total. The summed E-state index contributed by atoms with van der Waals surface area (Å²) in [6.07, 6.45) is 1.50. The molecule has 2 N–H and O–H groups in total. The minimum atomic E-state index is -0.281. The summed E-state index contributed by atoms with van der Waals surface area (Å²) in [5.74, 6) is 0.266. The second-order valence-corrected chi connectivity index (χ2v) is 8.50. The predicted octanol–water partition coefficient (Wildman–Crippen LogP) is 4.27. The fourth-order valence-corrected chi connectivity index (χ4v) is 4.03. The number of hydrogen-bond donors (Lipinski definition) is 2. The SMILES string of the molecule is Cc1cccc(C(C)C)c1NC(=O)CSc1nc2c(cnn2-c2ccccc2)c(=O)[nH]1. The number of H-pyrrole nitrogens is 1. The van der Waals surface area contributed by atoms with Crippen molar-refractivity contribution in [1.82, 2.24) is 19.7 Å². The number of nitrogens with zero attached hydrogens (tertiary/aromatic N) is 3. The Morgan fingerprint density at radius 1 is 1.16 bits per heavy atom. The summed E-state index contributed by atoms with van der Waals surface area (Å²) in [4.78, 5) is 32.4. The molecule has 0 radical (unpaired) electrons. The van der Waals surface area contributed by atoms with Crippen molar-refractivity contribution >= 4 is 34.4 Å². The third-order valence-corrected chi connectivity index (χ3v) is 5.82. The van der Waals surface area contributed by atoms with Crippen LogP contribution in [0.3, 0.4) is 0 Å². The second kappa shape index (κ2) is 8.77. The van der Waals surface area contributed by atoms with Crippen LogP contribution in [0.2, 0.25) is 0 Å². The highest BCUT2D eigenvalue weighted by molar-refractivity contribution is 7.99. The molecule has 0 spiro atoms. The molecule has 4 aromatic rings. The number of aromatic nitrogens is 4. The minimum absolute atomic E-state index is 0.125. The smallest absolute Gasteiger partial charge is 0.262 e. The summed E-state index contributed by atoms with van der Waals surface area (Å²) in [6.45, 7) is 6.17. The molecule has 8 heteroatoms. The topological polar surface area (TPSA) is 92.7 Å². The molecule has 158 valence electrons. The summed E-state index contributed by atoms with van der Waals surface area (Å²) in [6, 6.07) is 15.5. The number of benzene rings is 2. The van der Waals surface area contributed by atoms with Gasteiger partial charge in [-0.3, -0.25) is 9.59 Å². The van der Waals surface area contributed by atoms with Crippen LogP contribution < -0.4 is 10.9 Å². The Balaban J connectivity index is 1.55. The third-order valence-electron chi connectivity index (χ3n) is 4.95. The fourth-order valence-electron chi connectivity index (χ4n) is 3.38. The quantitative estimate of drug-likeness (QED) is 0.350. The van der Waals surface area contributed by atoms with E-state index in [0.29, 0.717) is 22.1 Å². The number of anilines is 1. The standard InChI is InChI=1S/C23H23N5O2S/c1-14(2)17-11-7-8-15(3)20(17)25-19(29)13-31-23-26-21-18(22(30)27-23)12-24-28(21)16-9-5-4-6-10-16/h4-12,14H,13H2,1-3H3,(H,25,29)(H,26,27,30). The van der Waals surface area contributed by atoms with Gasteiger partial charge in [-0.15, -0.1) is 0 Å². The molecule has 0 fully saturated rings. The highest BCUT2D eigenvalue weighted by atomic mass is 32.2. The van der Waals surface area contributed by atoms with E-state index in [0.717, 1.165) is 22.5 Å². The zero-order valence-electron chi connectivity index (χ0n) is 17.5. The van der Waals surface area contributed by atoms with Gasteiger partial charge in [-0.2, -0.15) is 5.10 Å². The Morgan fingerprint density at radius 2 is 1.94 bits per heavy atom. The number of fused-ring (bicyclic) bond motifs is 1. The van der Waals surface area contributed by atoms with Gasteiger partial charge < -0.3 is 10.3 Å². The third kappa shape index (κ3) is 4.39. The van der Waals surface area contributed by atoms with Gasteiger partial charge >= 0.3 is 0 Å². The van der Waals surface area contributed by atoms with Crippen LogP contribution in [0.25, 0.3) is 16.7 Å². The van der Waals surface area contributed by atoms with Crippen LogP contribution in [0.5, 0.6) is 0 Å². The molecule has 0 bridgehead atoms. The minimum Gasteiger partial charge on any atom is -0.325 e. The van der Waals surface area contributed by atoms with Crippen molar-refractivity contribution in [3.8, 4) is 5.69 Å². The number of amides is 1. The van der Waals surface area contributed by atoms with E-state index in [1.54, 1.807) is 4.68 Å². The maximum absolute atomic E-state index is 12.6. The molecule has 0 saturated carbocycles. The van der Waals surface area contributed by atoms with Gasteiger partial charge in [0, 0.05) is 5.69 Å². The molecule has 0 saturated heterocycles. The number of aryl methyl sites for hydroxylation is 1. The lowest BCUT2D eigenvalue weighted by Crippen LogP contribution is -2.17. The van der Waals surface area contributed by atoms with Crippen LogP contribution in [-0.4, -0.2) is 31.4 Å². The Bertz CT molecular complexity index is 1290. The van der Waals surface area contributed by atoms with Crippen molar-refractivity contribution in [1.29, 1.82) is 0 Å². The number of aromatic amines is 1. The van der Waals surface area contributed by atoms with Crippen molar-refractivity contribution in [2.24, 2.45) is 0 Å². The Kier molecular flexibility index (Phi) is 5.90. The molecule has 0 aliphatic carbocycles. The molecule has 0 aliphatic heterocycles. The molecule has 2 aromatic carbocycles. The molecule has 0 aliphatic rings. The van der Waals surface area contributed by atoms with E-state index in [1.807, 2.05) is 55.5 Å². The zero-order chi connectivity index (χ0) is 22.0. The van der Waals surface area contributed by atoms with Gasteiger partial charge in [0.05, 0.1) is 17.6 Å². The lowest BCUT2D eigenvalue weighted by molar-refractivity contribution is -0.113. The largest absolute Gasteiger partial charge is 0.325 e. The molecule has 31 heavy (non-hydrogen) atoms. The summed E-state index contributed by atoms with van der Waals surface area (Å²) < 4.78 is 1.62. The van der Waals surface area contributed by atoms with Gasteiger partial charge in [0.2, 0.25) is 5.91 Å². The zero-order valence-corrected chi connectivity index (χ0v) is 18.4. The van der Waals surface area contributed by atoms with Gasteiger partial charge in [0.25, 0.3) is 5.56 Å². The lowest BCUT2D eigenvalue weighted by Gasteiger charge is -2.16. The van der Waals surface area contributed by atoms with Gasteiger partial charge in [-0.1, -0.05) is 62.0 Å². The van der Waals surface area contributed by atoms with Gasteiger partial charge in [0.1, 0.15) is 5.39 Å². The first kappa shape index (κ1) is 20.9. The normalized spacial score (nSPS) is 11.2. The first-order chi connectivity index (χ1) is 14.9. The van der Waals surface area contributed by atoms with Gasteiger partial charge in [0.15, 0.2) is 10.8 Å². The number of nitrogens with one attached hydrogen (secondary N) is 2. The van der Waals surface area contributed by atoms with Crippen molar-refractivity contribution in [3.63, 3.8) is 0 Å². The summed E-state index contributed by atoms with van der Waals surface area (Å²) in [5.41, 5.74) is 3.95. The number of carbonyl (C=O) groups is 1. The van der Waals surface area contributed by atoms with Crippen LogP contribution in [0.1, 0.15) is 30.9 Å². The predicted molar refractivity (Wildman–Crippen MR) is 124 cm³/mol. The molecule has 2 aromatic heterocycles. The Labute approximate surface area is 183 Å². The maximum atomic E-state index is 12.6. The molecular formula is C23H23N5O2S. The van der Waals surface area contributed by atoms with Crippen LogP contribution >= 0.6 is 11.8 Å².